The number of hydrogen-bond acceptors (Lipinski definition) is 1. The Labute approximate surface area is 97.1 Å². The van der Waals surface area contributed by atoms with Crippen molar-refractivity contribution in [3.8, 4) is 0 Å². The molecule has 0 fully saturated rings. The Morgan fingerprint density at radius 3 is 2.57 bits per heavy atom. The summed E-state index contributed by atoms with van der Waals surface area (Å²) >= 11 is 5.55. The van der Waals surface area contributed by atoms with Crippen LogP contribution in [0.2, 0.25) is 0 Å². The molecule has 2 rings (SSSR count). The van der Waals surface area contributed by atoms with Crippen LogP contribution in [0.3, 0.4) is 0 Å². The minimum Gasteiger partial charge on any atom is -0.140 e. The lowest BCUT2D eigenvalue weighted by atomic mass is 10.1. The van der Waals surface area contributed by atoms with Gasteiger partial charge >= 0.3 is 0 Å². The van der Waals surface area contributed by atoms with Gasteiger partial charge in [-0.15, -0.1) is 11.3 Å². The molecule has 0 nitrogen and oxygen atoms in total. The third-order valence-corrected chi connectivity index (χ3v) is 4.34. The fourth-order valence-corrected chi connectivity index (χ4v) is 3.43. The standard InChI is InChI=1S/C12H13BrS/c1-3-8-5-11(13)10-7-9(4-2)14-12(10)6-8/h5-7H,3-4H2,1-2H3. The summed E-state index contributed by atoms with van der Waals surface area (Å²) in [5.41, 5.74) is 1.41. The van der Waals surface area contributed by atoms with Gasteiger partial charge in [-0.1, -0.05) is 29.8 Å². The van der Waals surface area contributed by atoms with Gasteiger partial charge in [0.25, 0.3) is 0 Å². The second kappa shape index (κ2) is 4.03. The van der Waals surface area contributed by atoms with E-state index in [9.17, 15) is 0 Å². The van der Waals surface area contributed by atoms with E-state index in [1.807, 2.05) is 11.3 Å². The number of hydrogen-bond donors (Lipinski definition) is 0. The molecule has 74 valence electrons. The molecule has 0 radical (unpaired) electrons. The lowest BCUT2D eigenvalue weighted by Crippen LogP contribution is -1.78. The first-order valence-corrected chi connectivity index (χ1v) is 6.56. The zero-order chi connectivity index (χ0) is 10.1. The predicted octanol–water partition coefficient (Wildman–Crippen LogP) is 4.79. The largest absolute Gasteiger partial charge is 0.140 e. The first kappa shape index (κ1) is 10.2. The van der Waals surface area contributed by atoms with Crippen LogP contribution in [0.1, 0.15) is 24.3 Å². The highest BCUT2D eigenvalue weighted by atomic mass is 79.9. The predicted molar refractivity (Wildman–Crippen MR) is 68.3 cm³/mol. The molecule has 0 bridgehead atoms. The van der Waals surface area contributed by atoms with Gasteiger partial charge in [0.05, 0.1) is 0 Å². The minimum absolute atomic E-state index is 1.11. The van der Waals surface area contributed by atoms with Crippen LogP contribution in [0, 0.1) is 0 Å². The van der Waals surface area contributed by atoms with E-state index in [1.54, 1.807) is 0 Å². The van der Waals surface area contributed by atoms with E-state index >= 15 is 0 Å². The van der Waals surface area contributed by atoms with Gasteiger partial charge in [0, 0.05) is 19.4 Å². The second-order valence-corrected chi connectivity index (χ2v) is 5.43. The highest BCUT2D eigenvalue weighted by Crippen LogP contribution is 2.33. The van der Waals surface area contributed by atoms with Crippen LogP contribution in [0.25, 0.3) is 10.1 Å². The molecule has 0 spiro atoms. The monoisotopic (exact) mass is 268 g/mol. The summed E-state index contributed by atoms with van der Waals surface area (Å²) in [5.74, 6) is 0. The third kappa shape index (κ3) is 1.73. The Morgan fingerprint density at radius 2 is 1.93 bits per heavy atom. The first-order chi connectivity index (χ1) is 6.74. The van der Waals surface area contributed by atoms with Crippen LogP contribution < -0.4 is 0 Å². The molecule has 14 heavy (non-hydrogen) atoms. The van der Waals surface area contributed by atoms with E-state index in [4.69, 9.17) is 0 Å². The molecule has 0 aliphatic rings. The maximum atomic E-state index is 3.64. The summed E-state index contributed by atoms with van der Waals surface area (Å²) < 4.78 is 2.65. The molecule has 0 saturated carbocycles. The Balaban J connectivity index is 2.67. The van der Waals surface area contributed by atoms with E-state index in [2.05, 4.69) is 48.0 Å². The third-order valence-electron chi connectivity index (χ3n) is 2.45. The van der Waals surface area contributed by atoms with Crippen molar-refractivity contribution in [2.75, 3.05) is 0 Å². The number of halogens is 1. The first-order valence-electron chi connectivity index (χ1n) is 4.95. The minimum atomic E-state index is 1.11. The van der Waals surface area contributed by atoms with Gasteiger partial charge in [0.1, 0.15) is 0 Å². The topological polar surface area (TPSA) is 0 Å². The maximum Gasteiger partial charge on any atom is 0.0359 e. The van der Waals surface area contributed by atoms with Crippen LogP contribution >= 0.6 is 27.3 Å². The molecule has 0 saturated heterocycles. The summed E-state index contributed by atoms with van der Waals surface area (Å²) in [5, 5.41) is 1.36. The van der Waals surface area contributed by atoms with E-state index in [-0.39, 0.29) is 0 Å². The number of fused-ring (bicyclic) bond motifs is 1. The molecule has 2 aromatic rings. The molecule has 0 N–H and O–H groups in total. The molecule has 0 unspecified atom stereocenters. The highest BCUT2D eigenvalue weighted by molar-refractivity contribution is 9.10. The van der Waals surface area contributed by atoms with Crippen LogP contribution in [0.4, 0.5) is 0 Å². The molecule has 1 aromatic carbocycles. The number of benzene rings is 1. The molecule has 0 amide bonds. The molecule has 1 aromatic heterocycles. The van der Waals surface area contributed by atoms with E-state index < -0.39 is 0 Å². The van der Waals surface area contributed by atoms with Crippen molar-refractivity contribution in [2.24, 2.45) is 0 Å². The van der Waals surface area contributed by atoms with E-state index in [0.29, 0.717) is 0 Å². The second-order valence-electron chi connectivity index (χ2n) is 3.41. The van der Waals surface area contributed by atoms with Crippen molar-refractivity contribution < 1.29 is 0 Å². The summed E-state index contributed by atoms with van der Waals surface area (Å²) in [6, 6.07) is 6.84. The smallest absolute Gasteiger partial charge is 0.0359 e. The highest BCUT2D eigenvalue weighted by Gasteiger charge is 2.05. The quantitative estimate of drug-likeness (QED) is 0.735. The molecule has 0 atom stereocenters. The summed E-state index contributed by atoms with van der Waals surface area (Å²) in [4.78, 5) is 1.47. The van der Waals surface area contributed by atoms with Gasteiger partial charge in [0.2, 0.25) is 0 Å². The Hall–Kier alpha value is -0.340. The van der Waals surface area contributed by atoms with E-state index in [1.165, 1.54) is 25.0 Å². The SMILES string of the molecule is CCc1cc(Br)c2cc(CC)sc2c1. The average molecular weight is 269 g/mol. The summed E-state index contributed by atoms with van der Waals surface area (Å²) in [6.07, 6.45) is 2.24. The van der Waals surface area contributed by atoms with Crippen LogP contribution in [0.15, 0.2) is 22.7 Å². The van der Waals surface area contributed by atoms with Gasteiger partial charge in [-0.25, -0.2) is 0 Å². The molecule has 2 heteroatoms. The summed E-state index contributed by atoms with van der Waals surface area (Å²) in [6.45, 7) is 4.40. The van der Waals surface area contributed by atoms with Gasteiger partial charge in [-0.2, -0.15) is 0 Å². The molecular weight excluding hydrogens is 256 g/mol. The lowest BCUT2D eigenvalue weighted by molar-refractivity contribution is 1.14. The Morgan fingerprint density at radius 1 is 1.14 bits per heavy atom. The van der Waals surface area contributed by atoms with Crippen LogP contribution in [-0.2, 0) is 12.8 Å². The average Bonchev–Trinajstić information content (AvgIpc) is 2.61. The van der Waals surface area contributed by atoms with E-state index in [0.717, 1.165) is 12.8 Å². The zero-order valence-corrected chi connectivity index (χ0v) is 10.8. The number of thiophene rings is 1. The lowest BCUT2D eigenvalue weighted by Gasteiger charge is -1.98. The van der Waals surface area contributed by atoms with Crippen LogP contribution in [0.5, 0.6) is 0 Å². The number of aryl methyl sites for hydroxylation is 2. The molecule has 1 heterocycles. The van der Waals surface area contributed by atoms with Crippen molar-refractivity contribution in [3.63, 3.8) is 0 Å². The van der Waals surface area contributed by atoms with Crippen LogP contribution in [-0.4, -0.2) is 0 Å². The van der Waals surface area contributed by atoms with Crippen molar-refractivity contribution in [2.45, 2.75) is 26.7 Å². The van der Waals surface area contributed by atoms with Crippen molar-refractivity contribution >= 4 is 37.4 Å². The fourth-order valence-electron chi connectivity index (χ4n) is 1.58. The molecule has 0 aliphatic heterocycles. The van der Waals surface area contributed by atoms with Crippen molar-refractivity contribution in [1.29, 1.82) is 0 Å². The molecule has 0 aliphatic carbocycles. The Kier molecular flexibility index (Phi) is 2.93. The zero-order valence-electron chi connectivity index (χ0n) is 8.43. The summed E-state index contributed by atoms with van der Waals surface area (Å²) in [7, 11) is 0. The van der Waals surface area contributed by atoms with Crippen molar-refractivity contribution in [1.82, 2.24) is 0 Å². The van der Waals surface area contributed by atoms with Gasteiger partial charge in [0.15, 0.2) is 0 Å². The van der Waals surface area contributed by atoms with Gasteiger partial charge in [-0.05, 0) is 36.6 Å². The number of rotatable bonds is 2. The van der Waals surface area contributed by atoms with Gasteiger partial charge < -0.3 is 0 Å². The maximum absolute atomic E-state index is 3.64. The van der Waals surface area contributed by atoms with Gasteiger partial charge in [-0.3, -0.25) is 0 Å². The molecular formula is C12H13BrS. The van der Waals surface area contributed by atoms with Crippen molar-refractivity contribution in [3.05, 3.63) is 33.1 Å². The normalized spacial score (nSPS) is 11.1. The Bertz CT molecular complexity index is 457. The fraction of sp³-hybridized carbons (Fsp3) is 0.333.